The van der Waals surface area contributed by atoms with E-state index in [-0.39, 0.29) is 5.92 Å². The van der Waals surface area contributed by atoms with Crippen molar-refractivity contribution in [3.63, 3.8) is 0 Å². The molecule has 0 radical (unpaired) electrons. The molecule has 2 atom stereocenters. The van der Waals surface area contributed by atoms with Crippen LogP contribution in [0.3, 0.4) is 0 Å². The van der Waals surface area contributed by atoms with E-state index in [9.17, 15) is 5.11 Å². The van der Waals surface area contributed by atoms with Gasteiger partial charge in [0.05, 0.1) is 5.52 Å². The van der Waals surface area contributed by atoms with Gasteiger partial charge < -0.3 is 14.7 Å². The molecule has 2 bridgehead atoms. The topological polar surface area (TPSA) is 45.6 Å². The second-order valence-corrected chi connectivity index (χ2v) is 11.4. The second kappa shape index (κ2) is 10.1. The Morgan fingerprint density at radius 2 is 1.68 bits per heavy atom. The van der Waals surface area contributed by atoms with Crippen LogP contribution in [0.5, 0.6) is 11.6 Å². The normalized spacial score (nSPS) is 18.7. The largest absolute Gasteiger partial charge is 0.438 e. The number of halogens is 1. The molecule has 0 spiro atoms. The van der Waals surface area contributed by atoms with Crippen molar-refractivity contribution in [2.75, 3.05) is 20.6 Å². The summed E-state index contributed by atoms with van der Waals surface area (Å²) in [6.45, 7) is 0.980. The standard InChI is InChI=1S/C33H31BrN2O2/c1-36(2)18-9-8-17-33(37)24-19-23-13-6-7-14-25(23)30(20-24)38-32-27(31(33)22-11-4-3-5-12-22)21-26-28(34)15-10-16-29(26)35-32/h3-7,10-16,19-21,31,37H,8-9,17-18H2,1-2H3. The zero-order valence-electron chi connectivity index (χ0n) is 21.7. The van der Waals surface area contributed by atoms with Crippen LogP contribution in [0.25, 0.3) is 21.7 Å². The summed E-state index contributed by atoms with van der Waals surface area (Å²) in [6, 6.07) is 30.8. The maximum absolute atomic E-state index is 13.0. The van der Waals surface area contributed by atoms with Crippen LogP contribution in [-0.4, -0.2) is 35.6 Å². The van der Waals surface area contributed by atoms with E-state index in [4.69, 9.17) is 9.72 Å². The monoisotopic (exact) mass is 566 g/mol. The van der Waals surface area contributed by atoms with Crippen molar-refractivity contribution in [2.24, 2.45) is 0 Å². The molecule has 0 amide bonds. The number of nitrogens with zero attached hydrogens (tertiary/aromatic N) is 2. The number of aliphatic hydroxyl groups is 1. The summed E-state index contributed by atoms with van der Waals surface area (Å²) in [5.41, 5.74) is 2.49. The van der Waals surface area contributed by atoms with Gasteiger partial charge in [-0.1, -0.05) is 76.6 Å². The number of pyridine rings is 1. The first-order valence-corrected chi connectivity index (χ1v) is 14.0. The summed E-state index contributed by atoms with van der Waals surface area (Å²) < 4.78 is 7.63. The fraction of sp³-hybridized carbons (Fsp3) is 0.242. The number of hydrogen-bond acceptors (Lipinski definition) is 4. The number of ether oxygens (including phenoxy) is 1. The predicted octanol–water partition coefficient (Wildman–Crippen LogP) is 8.01. The van der Waals surface area contributed by atoms with Crippen LogP contribution in [0, 0.1) is 0 Å². The van der Waals surface area contributed by atoms with Crippen molar-refractivity contribution >= 4 is 37.6 Å². The van der Waals surface area contributed by atoms with E-state index >= 15 is 0 Å². The minimum Gasteiger partial charge on any atom is -0.438 e. The van der Waals surface area contributed by atoms with Gasteiger partial charge in [-0.2, -0.15) is 0 Å². The molecule has 0 saturated carbocycles. The highest BCUT2D eigenvalue weighted by atomic mass is 79.9. The SMILES string of the molecule is CN(C)CCCCC1(O)c2cc(c3ccccc3c2)Oc2nc3cccc(Br)c3cc2C1c1ccccc1. The van der Waals surface area contributed by atoms with Gasteiger partial charge in [0, 0.05) is 26.7 Å². The van der Waals surface area contributed by atoms with E-state index in [0.29, 0.717) is 12.3 Å². The molecule has 0 saturated heterocycles. The summed E-state index contributed by atoms with van der Waals surface area (Å²) in [6.07, 6.45) is 2.51. The van der Waals surface area contributed by atoms with Crippen LogP contribution < -0.4 is 4.74 Å². The number of aromatic nitrogens is 1. The Balaban J connectivity index is 1.65. The van der Waals surface area contributed by atoms with E-state index in [1.165, 1.54) is 0 Å². The van der Waals surface area contributed by atoms with Crippen molar-refractivity contribution in [3.05, 3.63) is 112 Å². The molecule has 4 nitrogen and oxygen atoms in total. The van der Waals surface area contributed by atoms with Crippen molar-refractivity contribution in [3.8, 4) is 11.6 Å². The maximum atomic E-state index is 13.0. The lowest BCUT2D eigenvalue weighted by Crippen LogP contribution is -2.36. The van der Waals surface area contributed by atoms with Gasteiger partial charge in [-0.15, -0.1) is 0 Å². The highest BCUT2D eigenvalue weighted by Crippen LogP contribution is 2.52. The maximum Gasteiger partial charge on any atom is 0.223 e. The molecule has 192 valence electrons. The van der Waals surface area contributed by atoms with Crippen LogP contribution in [0.1, 0.15) is 41.9 Å². The molecule has 5 heteroatoms. The average Bonchev–Trinajstić information content (AvgIpc) is 2.92. The first-order valence-electron chi connectivity index (χ1n) is 13.2. The quantitative estimate of drug-likeness (QED) is 0.211. The van der Waals surface area contributed by atoms with Crippen LogP contribution in [0.4, 0.5) is 0 Å². The highest BCUT2D eigenvalue weighted by Gasteiger charge is 2.43. The Labute approximate surface area is 232 Å². The van der Waals surface area contributed by atoms with Gasteiger partial charge in [0.15, 0.2) is 0 Å². The fourth-order valence-corrected chi connectivity index (χ4v) is 6.27. The zero-order valence-corrected chi connectivity index (χ0v) is 23.3. The molecule has 38 heavy (non-hydrogen) atoms. The number of benzene rings is 4. The Morgan fingerprint density at radius 1 is 0.895 bits per heavy atom. The van der Waals surface area contributed by atoms with Crippen molar-refractivity contribution in [1.29, 1.82) is 0 Å². The van der Waals surface area contributed by atoms with Crippen molar-refractivity contribution in [2.45, 2.75) is 30.8 Å². The molecule has 5 aromatic rings. The molecule has 1 aliphatic heterocycles. The third kappa shape index (κ3) is 4.49. The molecule has 4 aromatic carbocycles. The minimum absolute atomic E-state index is 0.364. The Bertz CT molecular complexity index is 1620. The fourth-order valence-electron chi connectivity index (χ4n) is 5.80. The Morgan fingerprint density at radius 3 is 2.50 bits per heavy atom. The number of rotatable bonds is 6. The molecule has 0 aliphatic carbocycles. The molecule has 1 aromatic heterocycles. The van der Waals surface area contributed by atoms with Gasteiger partial charge in [0.25, 0.3) is 0 Å². The van der Waals surface area contributed by atoms with Gasteiger partial charge in [-0.25, -0.2) is 4.98 Å². The van der Waals surface area contributed by atoms with Crippen LogP contribution in [0.15, 0.2) is 95.5 Å². The van der Waals surface area contributed by atoms with E-state index in [2.05, 4.69) is 71.3 Å². The first kappa shape index (κ1) is 25.1. The molecule has 2 heterocycles. The highest BCUT2D eigenvalue weighted by molar-refractivity contribution is 9.10. The van der Waals surface area contributed by atoms with Gasteiger partial charge in [0.1, 0.15) is 11.4 Å². The second-order valence-electron chi connectivity index (χ2n) is 10.5. The Hall–Kier alpha value is -3.25. The lowest BCUT2D eigenvalue weighted by Gasteiger charge is -2.40. The number of fused-ring (bicyclic) bond motifs is 6. The zero-order chi connectivity index (χ0) is 26.3. The minimum atomic E-state index is -1.17. The molecule has 1 aliphatic rings. The first-order chi connectivity index (χ1) is 18.4. The Kier molecular flexibility index (Phi) is 6.68. The van der Waals surface area contributed by atoms with Crippen LogP contribution in [0.2, 0.25) is 0 Å². The third-order valence-electron chi connectivity index (χ3n) is 7.66. The predicted molar refractivity (Wildman–Crippen MR) is 158 cm³/mol. The lowest BCUT2D eigenvalue weighted by molar-refractivity contribution is 0.00610. The lowest BCUT2D eigenvalue weighted by atomic mass is 9.70. The molecular weight excluding hydrogens is 536 g/mol. The summed E-state index contributed by atoms with van der Waals surface area (Å²) in [5.74, 6) is 0.897. The van der Waals surface area contributed by atoms with Crippen molar-refractivity contribution in [1.82, 2.24) is 9.88 Å². The summed E-state index contributed by atoms with van der Waals surface area (Å²) in [5, 5.41) is 16.0. The van der Waals surface area contributed by atoms with Gasteiger partial charge in [-0.05, 0) is 86.7 Å². The average molecular weight is 568 g/mol. The third-order valence-corrected chi connectivity index (χ3v) is 8.36. The van der Waals surface area contributed by atoms with Crippen LogP contribution in [-0.2, 0) is 5.60 Å². The molecule has 0 fully saturated rings. The number of unbranched alkanes of at least 4 members (excludes halogenated alkanes) is 1. The molecule has 1 N–H and O–H groups in total. The van der Waals surface area contributed by atoms with E-state index < -0.39 is 5.60 Å². The summed E-state index contributed by atoms with van der Waals surface area (Å²) >= 11 is 3.73. The summed E-state index contributed by atoms with van der Waals surface area (Å²) in [7, 11) is 4.18. The van der Waals surface area contributed by atoms with Crippen LogP contribution >= 0.6 is 15.9 Å². The molecule has 2 unspecified atom stereocenters. The van der Waals surface area contributed by atoms with Gasteiger partial charge in [-0.3, -0.25) is 0 Å². The van der Waals surface area contributed by atoms with Gasteiger partial charge >= 0.3 is 0 Å². The van der Waals surface area contributed by atoms with Gasteiger partial charge in [0.2, 0.25) is 5.88 Å². The molecule has 6 rings (SSSR count). The van der Waals surface area contributed by atoms with E-state index in [0.717, 1.165) is 68.0 Å². The van der Waals surface area contributed by atoms with E-state index in [1.54, 1.807) is 0 Å². The van der Waals surface area contributed by atoms with E-state index in [1.807, 2.05) is 54.6 Å². The molecular formula is C33H31BrN2O2. The summed E-state index contributed by atoms with van der Waals surface area (Å²) in [4.78, 5) is 7.23. The number of hydrogen-bond donors (Lipinski definition) is 1. The van der Waals surface area contributed by atoms with Crippen molar-refractivity contribution < 1.29 is 9.84 Å². The smallest absolute Gasteiger partial charge is 0.223 e.